The molecule has 0 aliphatic carbocycles. The van der Waals surface area contributed by atoms with Crippen LogP contribution in [0.1, 0.15) is 42.0 Å². The summed E-state index contributed by atoms with van der Waals surface area (Å²) in [5.41, 5.74) is 3.03. The molecule has 0 fully saturated rings. The van der Waals surface area contributed by atoms with Gasteiger partial charge in [0.1, 0.15) is 11.5 Å². The van der Waals surface area contributed by atoms with Gasteiger partial charge < -0.3 is 5.11 Å². The first-order valence-corrected chi connectivity index (χ1v) is 11.6. The standard InChI is InChI=1S/C23H24N2O5S/c1-3-6-19-13-21(23(27)28)24-25(19)14-17-9-11-18(12-10-17)20-7-4-5-8-22(20)31(29,30)15-16(2)26/h4-5,7-13H,3,6,14-15H2,1-2H3,(H,27,28). The number of Topliss-reactive ketones (excluding diaryl/α,β-unsaturated/α-hetero) is 1. The van der Waals surface area contributed by atoms with Crippen molar-refractivity contribution < 1.29 is 23.1 Å². The summed E-state index contributed by atoms with van der Waals surface area (Å²) in [5.74, 6) is -2.00. The number of nitrogens with zero attached hydrogens (tertiary/aromatic N) is 2. The quantitative estimate of drug-likeness (QED) is 0.545. The van der Waals surface area contributed by atoms with Crippen molar-refractivity contribution in [1.29, 1.82) is 0 Å². The third kappa shape index (κ3) is 5.27. The van der Waals surface area contributed by atoms with Crippen LogP contribution in [0.3, 0.4) is 0 Å². The Morgan fingerprint density at radius 1 is 1.06 bits per heavy atom. The highest BCUT2D eigenvalue weighted by atomic mass is 32.2. The second-order valence-corrected chi connectivity index (χ2v) is 9.35. The molecule has 7 nitrogen and oxygen atoms in total. The van der Waals surface area contributed by atoms with E-state index >= 15 is 0 Å². The van der Waals surface area contributed by atoms with Crippen molar-refractivity contribution in [3.05, 3.63) is 71.5 Å². The molecule has 162 valence electrons. The molecule has 0 radical (unpaired) electrons. The molecule has 0 saturated carbocycles. The van der Waals surface area contributed by atoms with E-state index in [2.05, 4.69) is 5.10 Å². The van der Waals surface area contributed by atoms with Crippen LogP contribution in [0.5, 0.6) is 0 Å². The van der Waals surface area contributed by atoms with Gasteiger partial charge in [-0.05, 0) is 36.6 Å². The predicted molar refractivity (Wildman–Crippen MR) is 117 cm³/mol. The highest BCUT2D eigenvalue weighted by Gasteiger charge is 2.21. The van der Waals surface area contributed by atoms with Gasteiger partial charge in [-0.1, -0.05) is 55.8 Å². The number of carbonyl (C=O) groups excluding carboxylic acids is 1. The van der Waals surface area contributed by atoms with Crippen LogP contribution in [0.4, 0.5) is 0 Å². The average Bonchev–Trinajstić information content (AvgIpc) is 3.11. The van der Waals surface area contributed by atoms with Gasteiger partial charge in [-0.3, -0.25) is 9.48 Å². The van der Waals surface area contributed by atoms with Crippen LogP contribution in [0, 0.1) is 0 Å². The molecular weight excluding hydrogens is 416 g/mol. The lowest BCUT2D eigenvalue weighted by Gasteiger charge is -2.11. The zero-order chi connectivity index (χ0) is 22.6. The minimum absolute atomic E-state index is 0.0182. The summed E-state index contributed by atoms with van der Waals surface area (Å²) in [6, 6.07) is 15.6. The molecule has 0 aliphatic heterocycles. The van der Waals surface area contributed by atoms with Crippen LogP contribution in [0.25, 0.3) is 11.1 Å². The monoisotopic (exact) mass is 440 g/mol. The van der Waals surface area contributed by atoms with E-state index < -0.39 is 27.3 Å². The molecule has 2 aromatic carbocycles. The fourth-order valence-corrected chi connectivity index (χ4v) is 4.94. The number of carboxylic acid groups (broad SMARTS) is 1. The van der Waals surface area contributed by atoms with Gasteiger partial charge in [0.2, 0.25) is 0 Å². The third-order valence-corrected chi connectivity index (χ3v) is 6.61. The molecule has 0 aliphatic rings. The molecule has 0 bridgehead atoms. The first kappa shape index (κ1) is 22.4. The number of ketones is 1. The summed E-state index contributed by atoms with van der Waals surface area (Å²) < 4.78 is 26.9. The van der Waals surface area contributed by atoms with Crippen molar-refractivity contribution in [2.24, 2.45) is 0 Å². The Hall–Kier alpha value is -3.26. The molecule has 1 heterocycles. The fraction of sp³-hybridized carbons (Fsp3) is 0.261. The summed E-state index contributed by atoms with van der Waals surface area (Å²) in [4.78, 5) is 22.8. The van der Waals surface area contributed by atoms with E-state index in [1.165, 1.54) is 13.0 Å². The molecule has 0 amide bonds. The fourth-order valence-electron chi connectivity index (χ4n) is 3.44. The number of carbonyl (C=O) groups is 2. The van der Waals surface area contributed by atoms with Crippen LogP contribution in [-0.2, 0) is 27.6 Å². The van der Waals surface area contributed by atoms with Crippen LogP contribution in [0.2, 0.25) is 0 Å². The average molecular weight is 441 g/mol. The topological polar surface area (TPSA) is 106 Å². The second-order valence-electron chi connectivity index (χ2n) is 7.39. The van der Waals surface area contributed by atoms with Crippen LogP contribution in [0.15, 0.2) is 59.5 Å². The largest absolute Gasteiger partial charge is 0.476 e. The van der Waals surface area contributed by atoms with E-state index in [1.807, 2.05) is 31.2 Å². The van der Waals surface area contributed by atoms with E-state index in [1.54, 1.807) is 28.9 Å². The summed E-state index contributed by atoms with van der Waals surface area (Å²) >= 11 is 0. The zero-order valence-electron chi connectivity index (χ0n) is 17.4. The first-order valence-electron chi connectivity index (χ1n) is 9.92. The van der Waals surface area contributed by atoms with E-state index in [-0.39, 0.29) is 10.6 Å². The third-order valence-electron chi connectivity index (χ3n) is 4.80. The summed E-state index contributed by atoms with van der Waals surface area (Å²) in [6.45, 7) is 3.68. The smallest absolute Gasteiger partial charge is 0.356 e. The van der Waals surface area contributed by atoms with Crippen molar-refractivity contribution in [2.45, 2.75) is 38.1 Å². The Morgan fingerprint density at radius 2 is 1.74 bits per heavy atom. The van der Waals surface area contributed by atoms with Crippen molar-refractivity contribution in [1.82, 2.24) is 9.78 Å². The number of rotatable bonds is 9. The lowest BCUT2D eigenvalue weighted by atomic mass is 10.0. The Morgan fingerprint density at radius 3 is 2.35 bits per heavy atom. The SMILES string of the molecule is CCCc1cc(C(=O)O)nn1Cc1ccc(-c2ccccc2S(=O)(=O)CC(C)=O)cc1. The Balaban J connectivity index is 1.91. The van der Waals surface area contributed by atoms with Gasteiger partial charge in [-0.25, -0.2) is 13.2 Å². The number of aromatic nitrogens is 2. The molecular formula is C23H24N2O5S. The first-order chi connectivity index (χ1) is 14.7. The molecule has 3 rings (SSSR count). The predicted octanol–water partition coefficient (Wildman–Crippen LogP) is 3.61. The molecule has 3 aromatic rings. The Labute approximate surface area is 181 Å². The molecule has 0 spiro atoms. The van der Waals surface area contributed by atoms with Crippen molar-refractivity contribution in [2.75, 3.05) is 5.75 Å². The number of hydrogen-bond acceptors (Lipinski definition) is 5. The molecule has 0 atom stereocenters. The number of hydrogen-bond donors (Lipinski definition) is 1. The number of carboxylic acids is 1. The summed E-state index contributed by atoms with van der Waals surface area (Å²) in [7, 11) is -3.73. The van der Waals surface area contributed by atoms with Crippen LogP contribution < -0.4 is 0 Å². The van der Waals surface area contributed by atoms with Gasteiger partial charge in [0, 0.05) is 11.3 Å². The van der Waals surface area contributed by atoms with Gasteiger partial charge in [-0.15, -0.1) is 0 Å². The number of benzene rings is 2. The van der Waals surface area contributed by atoms with E-state index in [9.17, 15) is 23.1 Å². The maximum absolute atomic E-state index is 12.6. The highest BCUT2D eigenvalue weighted by Crippen LogP contribution is 2.28. The van der Waals surface area contributed by atoms with Crippen molar-refractivity contribution >= 4 is 21.6 Å². The Kier molecular flexibility index (Phi) is 6.70. The highest BCUT2D eigenvalue weighted by molar-refractivity contribution is 7.92. The van der Waals surface area contributed by atoms with Crippen molar-refractivity contribution in [3.63, 3.8) is 0 Å². The number of aromatic carboxylic acids is 1. The number of sulfone groups is 1. The van der Waals surface area contributed by atoms with Gasteiger partial charge >= 0.3 is 5.97 Å². The summed E-state index contributed by atoms with van der Waals surface area (Å²) in [6.07, 6.45) is 1.59. The summed E-state index contributed by atoms with van der Waals surface area (Å²) in [5, 5.41) is 13.4. The number of aryl methyl sites for hydroxylation is 1. The minimum Gasteiger partial charge on any atom is -0.476 e. The molecule has 8 heteroatoms. The lowest BCUT2D eigenvalue weighted by Crippen LogP contribution is -2.14. The maximum atomic E-state index is 12.6. The zero-order valence-corrected chi connectivity index (χ0v) is 18.2. The van der Waals surface area contributed by atoms with Gasteiger partial charge in [-0.2, -0.15) is 5.10 Å². The molecule has 1 N–H and O–H groups in total. The van der Waals surface area contributed by atoms with Gasteiger partial charge in [0.25, 0.3) is 0 Å². The molecule has 1 aromatic heterocycles. The van der Waals surface area contributed by atoms with E-state index in [0.29, 0.717) is 17.7 Å². The van der Waals surface area contributed by atoms with Gasteiger partial charge in [0.15, 0.2) is 15.5 Å². The van der Waals surface area contributed by atoms with Gasteiger partial charge in [0.05, 0.1) is 11.4 Å². The van der Waals surface area contributed by atoms with Crippen LogP contribution >= 0.6 is 0 Å². The van der Waals surface area contributed by atoms with E-state index in [4.69, 9.17) is 0 Å². The molecule has 31 heavy (non-hydrogen) atoms. The maximum Gasteiger partial charge on any atom is 0.356 e. The Bertz CT molecular complexity index is 1210. The second kappa shape index (κ2) is 9.26. The van der Waals surface area contributed by atoms with Crippen LogP contribution in [-0.4, -0.2) is 40.8 Å². The lowest BCUT2D eigenvalue weighted by molar-refractivity contribution is -0.114. The normalized spacial score (nSPS) is 11.4. The van der Waals surface area contributed by atoms with Crippen molar-refractivity contribution in [3.8, 4) is 11.1 Å². The van der Waals surface area contributed by atoms with E-state index in [0.717, 1.165) is 24.1 Å². The minimum atomic E-state index is -3.73. The molecule has 0 unspecified atom stereocenters. The molecule has 0 saturated heterocycles.